The molecule has 0 amide bonds. The van der Waals surface area contributed by atoms with E-state index in [1.54, 1.807) is 18.2 Å². The molecule has 0 bridgehead atoms. The quantitative estimate of drug-likeness (QED) is 0.587. The molecule has 0 saturated carbocycles. The topological polar surface area (TPSA) is 116 Å². The van der Waals surface area contributed by atoms with Crippen LogP contribution in [0.2, 0.25) is 0 Å². The largest absolute Gasteiger partial charge is 0.478 e. The van der Waals surface area contributed by atoms with E-state index in [0.717, 1.165) is 0 Å². The van der Waals surface area contributed by atoms with Crippen molar-refractivity contribution in [2.45, 2.75) is 0 Å². The lowest BCUT2D eigenvalue weighted by Gasteiger charge is -2.08. The smallest absolute Gasteiger partial charge is 0.337 e. The van der Waals surface area contributed by atoms with Crippen molar-refractivity contribution in [1.82, 2.24) is 0 Å². The van der Waals surface area contributed by atoms with E-state index in [1.165, 1.54) is 25.3 Å². The number of hydrogen-bond acceptors (Lipinski definition) is 5. The average Bonchev–Trinajstić information content (AvgIpc) is 2.45. The number of methoxy groups -OCH3 is 1. The third-order valence-electron chi connectivity index (χ3n) is 2.91. The molecule has 0 saturated heterocycles. The number of carbonyl (C=O) groups is 2. The molecule has 6 nitrogen and oxygen atoms in total. The number of ether oxygens (including phenoxy) is 1. The summed E-state index contributed by atoms with van der Waals surface area (Å²) in [5, 5.41) is 9.06. The Morgan fingerprint density at radius 1 is 0.905 bits per heavy atom. The van der Waals surface area contributed by atoms with Gasteiger partial charge in [-0.15, -0.1) is 0 Å². The van der Waals surface area contributed by atoms with Crippen molar-refractivity contribution in [1.29, 1.82) is 0 Å². The number of carbonyl (C=O) groups excluding carboxylic acids is 1. The van der Waals surface area contributed by atoms with Gasteiger partial charge in [0.25, 0.3) is 0 Å². The fourth-order valence-corrected chi connectivity index (χ4v) is 2.00. The van der Waals surface area contributed by atoms with Gasteiger partial charge in [-0.25, -0.2) is 9.59 Å². The van der Waals surface area contributed by atoms with Crippen LogP contribution in [0.3, 0.4) is 0 Å². The molecule has 0 spiro atoms. The number of carboxylic acid groups (broad SMARTS) is 1. The molecule has 0 aromatic heterocycles. The van der Waals surface area contributed by atoms with Crippen LogP contribution >= 0.6 is 0 Å². The Balaban J connectivity index is 2.58. The molecular weight excluding hydrogens is 272 g/mol. The lowest BCUT2D eigenvalue weighted by Crippen LogP contribution is -2.03. The van der Waals surface area contributed by atoms with Gasteiger partial charge in [-0.05, 0) is 47.5 Å². The van der Waals surface area contributed by atoms with Gasteiger partial charge in [-0.2, -0.15) is 0 Å². The SMILES string of the molecule is COC(=O)c1cc(N)cc(-c2cc(N)cc(C(=O)O)c2)c1. The summed E-state index contributed by atoms with van der Waals surface area (Å²) in [5.41, 5.74) is 13.7. The van der Waals surface area contributed by atoms with E-state index in [1.807, 2.05) is 0 Å². The van der Waals surface area contributed by atoms with Crippen LogP contribution in [-0.4, -0.2) is 24.2 Å². The first-order valence-electron chi connectivity index (χ1n) is 6.04. The minimum atomic E-state index is -1.08. The van der Waals surface area contributed by atoms with Crippen molar-refractivity contribution in [3.8, 4) is 11.1 Å². The van der Waals surface area contributed by atoms with Crippen molar-refractivity contribution in [3.63, 3.8) is 0 Å². The van der Waals surface area contributed by atoms with Crippen molar-refractivity contribution < 1.29 is 19.4 Å². The molecular formula is C15H14N2O4. The number of nitrogen functional groups attached to an aromatic ring is 2. The van der Waals surface area contributed by atoms with E-state index >= 15 is 0 Å². The zero-order valence-electron chi connectivity index (χ0n) is 11.3. The molecule has 108 valence electrons. The molecule has 0 radical (unpaired) electrons. The molecule has 2 aromatic carbocycles. The van der Waals surface area contributed by atoms with Crippen LogP contribution in [0.5, 0.6) is 0 Å². The molecule has 0 aliphatic heterocycles. The summed E-state index contributed by atoms with van der Waals surface area (Å²) in [6.07, 6.45) is 0. The molecule has 2 aromatic rings. The molecule has 0 atom stereocenters. The molecule has 0 unspecified atom stereocenters. The summed E-state index contributed by atoms with van der Waals surface area (Å²) in [4.78, 5) is 22.7. The Kier molecular flexibility index (Phi) is 3.80. The molecule has 2 rings (SSSR count). The van der Waals surface area contributed by atoms with Crippen LogP contribution in [0.25, 0.3) is 11.1 Å². The lowest BCUT2D eigenvalue weighted by atomic mass is 9.99. The molecule has 5 N–H and O–H groups in total. The van der Waals surface area contributed by atoms with Crippen LogP contribution in [0.4, 0.5) is 11.4 Å². The van der Waals surface area contributed by atoms with Crippen molar-refractivity contribution >= 4 is 23.3 Å². The molecule has 0 aliphatic carbocycles. The second-order valence-corrected chi connectivity index (χ2v) is 4.48. The van der Waals surface area contributed by atoms with Gasteiger partial charge < -0.3 is 21.3 Å². The van der Waals surface area contributed by atoms with Crippen molar-refractivity contribution in [2.24, 2.45) is 0 Å². The molecule has 0 fully saturated rings. The van der Waals surface area contributed by atoms with E-state index in [2.05, 4.69) is 4.74 Å². The van der Waals surface area contributed by atoms with Crippen LogP contribution in [0.15, 0.2) is 36.4 Å². The number of benzene rings is 2. The summed E-state index contributed by atoms with van der Waals surface area (Å²) < 4.78 is 4.65. The van der Waals surface area contributed by atoms with Gasteiger partial charge in [-0.3, -0.25) is 0 Å². The molecule has 6 heteroatoms. The van der Waals surface area contributed by atoms with E-state index in [0.29, 0.717) is 22.5 Å². The Morgan fingerprint density at radius 2 is 1.38 bits per heavy atom. The molecule has 0 aliphatic rings. The zero-order chi connectivity index (χ0) is 15.6. The number of aromatic carboxylic acids is 1. The van der Waals surface area contributed by atoms with Crippen molar-refractivity contribution in [3.05, 3.63) is 47.5 Å². The fourth-order valence-electron chi connectivity index (χ4n) is 2.00. The van der Waals surface area contributed by atoms with Gasteiger partial charge in [0.15, 0.2) is 0 Å². The van der Waals surface area contributed by atoms with Crippen molar-refractivity contribution in [2.75, 3.05) is 18.6 Å². The standard InChI is InChI=1S/C15H14N2O4/c1-21-15(20)11-3-9(5-13(17)7-11)8-2-10(14(18)19)6-12(16)4-8/h2-7H,16-17H2,1H3,(H,18,19). The lowest BCUT2D eigenvalue weighted by molar-refractivity contribution is 0.0600. The van der Waals surface area contributed by atoms with E-state index in [4.69, 9.17) is 16.6 Å². The van der Waals surface area contributed by atoms with Gasteiger partial charge in [0.05, 0.1) is 18.2 Å². The number of carboxylic acids is 1. The highest BCUT2D eigenvalue weighted by Crippen LogP contribution is 2.27. The first-order chi connectivity index (χ1) is 9.90. The maximum atomic E-state index is 11.6. The number of rotatable bonds is 3. The Labute approximate surface area is 120 Å². The maximum absolute atomic E-state index is 11.6. The highest BCUT2D eigenvalue weighted by Gasteiger charge is 2.11. The summed E-state index contributed by atoms with van der Waals surface area (Å²) >= 11 is 0. The third-order valence-corrected chi connectivity index (χ3v) is 2.91. The second kappa shape index (κ2) is 5.54. The highest BCUT2D eigenvalue weighted by atomic mass is 16.5. The zero-order valence-corrected chi connectivity index (χ0v) is 11.3. The number of nitrogens with two attached hydrogens (primary N) is 2. The van der Waals surface area contributed by atoms with Crippen LogP contribution < -0.4 is 11.5 Å². The fraction of sp³-hybridized carbons (Fsp3) is 0.0667. The first-order valence-corrected chi connectivity index (χ1v) is 6.04. The van der Waals surface area contributed by atoms with Gasteiger partial charge in [0.1, 0.15) is 0 Å². The molecule has 21 heavy (non-hydrogen) atoms. The van der Waals surface area contributed by atoms with Gasteiger partial charge in [0, 0.05) is 11.4 Å². The average molecular weight is 286 g/mol. The summed E-state index contributed by atoms with van der Waals surface area (Å²) in [7, 11) is 1.27. The van der Waals surface area contributed by atoms with Gasteiger partial charge in [-0.1, -0.05) is 0 Å². The van der Waals surface area contributed by atoms with Crippen LogP contribution in [0, 0.1) is 0 Å². The van der Waals surface area contributed by atoms with Crippen LogP contribution in [-0.2, 0) is 4.74 Å². The Bertz CT molecular complexity index is 726. The minimum Gasteiger partial charge on any atom is -0.478 e. The first kappa shape index (κ1) is 14.4. The summed E-state index contributed by atoms with van der Waals surface area (Å²) in [5.74, 6) is -1.61. The minimum absolute atomic E-state index is 0.0621. The van der Waals surface area contributed by atoms with Gasteiger partial charge in [0.2, 0.25) is 0 Å². The monoisotopic (exact) mass is 286 g/mol. The number of anilines is 2. The normalized spacial score (nSPS) is 10.1. The van der Waals surface area contributed by atoms with E-state index < -0.39 is 11.9 Å². The third kappa shape index (κ3) is 3.11. The number of hydrogen-bond donors (Lipinski definition) is 3. The highest BCUT2D eigenvalue weighted by molar-refractivity contribution is 5.94. The Hall–Kier alpha value is -3.02. The van der Waals surface area contributed by atoms with E-state index in [-0.39, 0.29) is 11.1 Å². The molecule has 0 heterocycles. The predicted octanol–water partition coefficient (Wildman–Crippen LogP) is 2.00. The van der Waals surface area contributed by atoms with Gasteiger partial charge >= 0.3 is 11.9 Å². The Morgan fingerprint density at radius 3 is 1.86 bits per heavy atom. The summed E-state index contributed by atoms with van der Waals surface area (Å²) in [6, 6.07) is 9.13. The maximum Gasteiger partial charge on any atom is 0.337 e. The summed E-state index contributed by atoms with van der Waals surface area (Å²) in [6.45, 7) is 0. The van der Waals surface area contributed by atoms with E-state index in [9.17, 15) is 9.59 Å². The predicted molar refractivity (Wildman–Crippen MR) is 79.0 cm³/mol. The number of esters is 1. The van der Waals surface area contributed by atoms with Crippen LogP contribution in [0.1, 0.15) is 20.7 Å². The second-order valence-electron chi connectivity index (χ2n) is 4.48.